The molecule has 0 aliphatic rings. The van der Waals surface area contributed by atoms with E-state index in [2.05, 4.69) is 30.9 Å². The standard InChI is InChI=1S/C9H9N7O/c10-15-7-2-1-6(5-12-7)8(17)14-9-11-3-4-13-16-9/h1-5H,10H2,(H,12,15)(H,11,14,16,17). The van der Waals surface area contributed by atoms with E-state index in [1.165, 1.54) is 18.6 Å². The van der Waals surface area contributed by atoms with E-state index in [-0.39, 0.29) is 11.9 Å². The lowest BCUT2D eigenvalue weighted by molar-refractivity contribution is 0.102. The molecule has 2 aromatic heterocycles. The molecule has 0 aliphatic carbocycles. The normalized spacial score (nSPS) is 9.71. The van der Waals surface area contributed by atoms with Gasteiger partial charge in [-0.2, -0.15) is 5.10 Å². The Morgan fingerprint density at radius 1 is 1.24 bits per heavy atom. The van der Waals surface area contributed by atoms with Gasteiger partial charge in [-0.15, -0.1) is 5.10 Å². The van der Waals surface area contributed by atoms with Crippen LogP contribution in [0.25, 0.3) is 0 Å². The van der Waals surface area contributed by atoms with Crippen LogP contribution in [-0.2, 0) is 0 Å². The van der Waals surface area contributed by atoms with E-state index in [1.54, 1.807) is 12.1 Å². The molecule has 0 bridgehead atoms. The van der Waals surface area contributed by atoms with Gasteiger partial charge in [0.05, 0.1) is 18.0 Å². The molecule has 2 aromatic rings. The maximum absolute atomic E-state index is 11.7. The van der Waals surface area contributed by atoms with Crippen LogP contribution < -0.4 is 16.6 Å². The second-order valence-corrected chi connectivity index (χ2v) is 3.00. The molecule has 0 spiro atoms. The van der Waals surface area contributed by atoms with Crippen molar-refractivity contribution in [2.45, 2.75) is 0 Å². The molecule has 2 heterocycles. The van der Waals surface area contributed by atoms with Gasteiger partial charge in [0.1, 0.15) is 5.82 Å². The van der Waals surface area contributed by atoms with Crippen molar-refractivity contribution in [3.8, 4) is 0 Å². The summed E-state index contributed by atoms with van der Waals surface area (Å²) in [7, 11) is 0. The zero-order valence-electron chi connectivity index (χ0n) is 8.66. The number of nitrogen functional groups attached to an aromatic ring is 1. The molecule has 4 N–H and O–H groups in total. The smallest absolute Gasteiger partial charge is 0.259 e. The first-order valence-electron chi connectivity index (χ1n) is 4.67. The fourth-order valence-corrected chi connectivity index (χ4v) is 1.09. The van der Waals surface area contributed by atoms with Crippen molar-refractivity contribution in [2.75, 3.05) is 10.7 Å². The summed E-state index contributed by atoms with van der Waals surface area (Å²) >= 11 is 0. The number of anilines is 2. The number of nitrogens with one attached hydrogen (secondary N) is 2. The largest absolute Gasteiger partial charge is 0.308 e. The third-order valence-electron chi connectivity index (χ3n) is 1.88. The van der Waals surface area contributed by atoms with Gasteiger partial charge in [-0.1, -0.05) is 0 Å². The molecule has 17 heavy (non-hydrogen) atoms. The average molecular weight is 231 g/mol. The maximum Gasteiger partial charge on any atom is 0.259 e. The lowest BCUT2D eigenvalue weighted by Gasteiger charge is -2.03. The Hall–Kier alpha value is -2.61. The maximum atomic E-state index is 11.7. The molecule has 8 nitrogen and oxygen atoms in total. The highest BCUT2D eigenvalue weighted by Gasteiger charge is 2.07. The van der Waals surface area contributed by atoms with E-state index in [1.807, 2.05) is 0 Å². The first-order valence-corrected chi connectivity index (χ1v) is 4.67. The number of pyridine rings is 1. The van der Waals surface area contributed by atoms with Crippen molar-refractivity contribution in [2.24, 2.45) is 5.84 Å². The molecule has 0 aromatic carbocycles. The first-order chi connectivity index (χ1) is 8.29. The highest BCUT2D eigenvalue weighted by molar-refractivity contribution is 6.03. The molecule has 86 valence electrons. The summed E-state index contributed by atoms with van der Waals surface area (Å²) in [5, 5.41) is 9.70. The molecule has 1 amide bonds. The Morgan fingerprint density at radius 2 is 2.12 bits per heavy atom. The van der Waals surface area contributed by atoms with Crippen molar-refractivity contribution in [1.82, 2.24) is 20.2 Å². The second-order valence-electron chi connectivity index (χ2n) is 3.00. The van der Waals surface area contributed by atoms with Gasteiger partial charge in [0.2, 0.25) is 5.95 Å². The predicted molar refractivity (Wildman–Crippen MR) is 59.8 cm³/mol. The first kappa shape index (κ1) is 10.9. The number of carbonyl (C=O) groups is 1. The molecule has 8 heteroatoms. The predicted octanol–water partition coefficient (Wildman–Crippen LogP) is -0.196. The summed E-state index contributed by atoms with van der Waals surface area (Å²) in [6.45, 7) is 0. The average Bonchev–Trinajstić information content (AvgIpc) is 2.40. The number of aromatic nitrogens is 4. The van der Waals surface area contributed by atoms with Gasteiger partial charge in [-0.3, -0.25) is 10.1 Å². The Morgan fingerprint density at radius 3 is 2.71 bits per heavy atom. The van der Waals surface area contributed by atoms with Gasteiger partial charge in [-0.25, -0.2) is 15.8 Å². The summed E-state index contributed by atoms with van der Waals surface area (Å²) in [4.78, 5) is 19.4. The summed E-state index contributed by atoms with van der Waals surface area (Å²) in [5.41, 5.74) is 2.74. The lowest BCUT2D eigenvalue weighted by Crippen LogP contribution is -2.15. The minimum atomic E-state index is -0.367. The van der Waals surface area contributed by atoms with Crippen molar-refractivity contribution in [3.63, 3.8) is 0 Å². The lowest BCUT2D eigenvalue weighted by atomic mass is 10.2. The summed E-state index contributed by atoms with van der Waals surface area (Å²) in [5.74, 6) is 5.40. The number of hydrogen-bond acceptors (Lipinski definition) is 7. The van der Waals surface area contributed by atoms with Gasteiger partial charge < -0.3 is 5.43 Å². The van der Waals surface area contributed by atoms with Crippen LogP contribution in [0, 0.1) is 0 Å². The fourth-order valence-electron chi connectivity index (χ4n) is 1.09. The van der Waals surface area contributed by atoms with Crippen molar-refractivity contribution in [1.29, 1.82) is 0 Å². The Labute approximate surface area is 96.3 Å². The SMILES string of the molecule is NNc1ccc(C(=O)Nc2nccnn2)cn1. The zero-order chi connectivity index (χ0) is 12.1. The van der Waals surface area contributed by atoms with E-state index in [0.717, 1.165) is 0 Å². The van der Waals surface area contributed by atoms with Gasteiger partial charge in [-0.05, 0) is 12.1 Å². The number of nitrogens with two attached hydrogens (primary N) is 1. The van der Waals surface area contributed by atoms with Gasteiger partial charge in [0.25, 0.3) is 5.91 Å². The third kappa shape index (κ3) is 2.69. The number of nitrogens with zero attached hydrogens (tertiary/aromatic N) is 4. The third-order valence-corrected chi connectivity index (χ3v) is 1.88. The van der Waals surface area contributed by atoms with Crippen LogP contribution >= 0.6 is 0 Å². The highest BCUT2D eigenvalue weighted by Crippen LogP contribution is 2.05. The number of hydrazine groups is 1. The molecule has 0 atom stereocenters. The van der Waals surface area contributed by atoms with Crippen LogP contribution in [0.15, 0.2) is 30.7 Å². The number of amides is 1. The van der Waals surface area contributed by atoms with Gasteiger partial charge >= 0.3 is 0 Å². The minimum absolute atomic E-state index is 0.138. The van der Waals surface area contributed by atoms with Crippen LogP contribution in [-0.4, -0.2) is 26.1 Å². The van der Waals surface area contributed by atoms with Crippen LogP contribution in [0.3, 0.4) is 0 Å². The Balaban J connectivity index is 2.09. The van der Waals surface area contributed by atoms with Crippen LogP contribution in [0.5, 0.6) is 0 Å². The molecule has 0 aliphatic heterocycles. The monoisotopic (exact) mass is 231 g/mol. The van der Waals surface area contributed by atoms with Crippen LogP contribution in [0.2, 0.25) is 0 Å². The summed E-state index contributed by atoms with van der Waals surface area (Å²) in [6, 6.07) is 3.16. The second kappa shape index (κ2) is 4.94. The van der Waals surface area contributed by atoms with Crippen molar-refractivity contribution < 1.29 is 4.79 Å². The molecule has 0 saturated heterocycles. The molecule has 0 radical (unpaired) electrons. The topological polar surface area (TPSA) is 119 Å². The van der Waals surface area contributed by atoms with Crippen LogP contribution in [0.1, 0.15) is 10.4 Å². The van der Waals surface area contributed by atoms with Crippen molar-refractivity contribution in [3.05, 3.63) is 36.3 Å². The molecular weight excluding hydrogens is 222 g/mol. The molecule has 0 fully saturated rings. The van der Waals surface area contributed by atoms with Crippen molar-refractivity contribution >= 4 is 17.7 Å². The van der Waals surface area contributed by atoms with E-state index in [9.17, 15) is 4.79 Å². The molecule has 0 unspecified atom stereocenters. The highest BCUT2D eigenvalue weighted by atomic mass is 16.1. The fraction of sp³-hybridized carbons (Fsp3) is 0. The molecular formula is C9H9N7O. The van der Waals surface area contributed by atoms with Gasteiger partial charge in [0.15, 0.2) is 0 Å². The quantitative estimate of drug-likeness (QED) is 0.494. The number of rotatable bonds is 3. The van der Waals surface area contributed by atoms with Crippen LogP contribution in [0.4, 0.5) is 11.8 Å². The Bertz CT molecular complexity index is 499. The summed E-state index contributed by atoms with van der Waals surface area (Å²) < 4.78 is 0. The van der Waals surface area contributed by atoms with E-state index < -0.39 is 0 Å². The zero-order valence-corrected chi connectivity index (χ0v) is 8.66. The number of carbonyl (C=O) groups excluding carboxylic acids is 1. The van der Waals surface area contributed by atoms with Gasteiger partial charge in [0, 0.05) is 6.20 Å². The minimum Gasteiger partial charge on any atom is -0.308 e. The van der Waals surface area contributed by atoms with E-state index in [0.29, 0.717) is 11.4 Å². The molecule has 2 rings (SSSR count). The Kier molecular flexibility index (Phi) is 3.17. The van der Waals surface area contributed by atoms with E-state index in [4.69, 9.17) is 5.84 Å². The molecule has 0 saturated carbocycles. The summed E-state index contributed by atoms with van der Waals surface area (Å²) in [6.07, 6.45) is 4.24. The number of hydrogen-bond donors (Lipinski definition) is 3. The van der Waals surface area contributed by atoms with E-state index >= 15 is 0 Å².